The molecule has 0 aliphatic heterocycles. The van der Waals surface area contributed by atoms with Gasteiger partial charge in [0.05, 0.1) is 6.42 Å². The fourth-order valence-electron chi connectivity index (χ4n) is 1.38. The Labute approximate surface area is 92.3 Å². The van der Waals surface area contributed by atoms with Crippen molar-refractivity contribution in [3.63, 3.8) is 0 Å². The Morgan fingerprint density at radius 3 is 2.56 bits per heavy atom. The summed E-state index contributed by atoms with van der Waals surface area (Å²) in [6.07, 6.45) is -0.0349. The third-order valence-electron chi connectivity index (χ3n) is 2.25. The number of halogens is 2. The summed E-state index contributed by atoms with van der Waals surface area (Å²) in [7, 11) is 0. The van der Waals surface area contributed by atoms with E-state index in [9.17, 15) is 13.6 Å². The van der Waals surface area contributed by atoms with Crippen molar-refractivity contribution < 1.29 is 18.7 Å². The second kappa shape index (κ2) is 5.44. The molecule has 0 spiro atoms. The standard InChI is InChI=1S/C11H13F2NO2/c1-2-14(6-5-11(15)16)8-3-4-9(12)10(13)7-8/h3-4,7H,2,5-6H2,1H3,(H,15,16). The highest BCUT2D eigenvalue weighted by Gasteiger charge is 2.09. The van der Waals surface area contributed by atoms with Crippen LogP contribution in [-0.4, -0.2) is 24.2 Å². The van der Waals surface area contributed by atoms with Crippen LogP contribution in [0.2, 0.25) is 0 Å². The van der Waals surface area contributed by atoms with Gasteiger partial charge in [-0.2, -0.15) is 0 Å². The molecule has 0 aliphatic rings. The number of rotatable bonds is 5. The number of nitrogens with zero attached hydrogens (tertiary/aromatic N) is 1. The molecule has 0 saturated carbocycles. The molecule has 0 atom stereocenters. The van der Waals surface area contributed by atoms with Gasteiger partial charge in [0.15, 0.2) is 11.6 Å². The lowest BCUT2D eigenvalue weighted by Crippen LogP contribution is -2.25. The first kappa shape index (κ1) is 12.4. The molecule has 0 unspecified atom stereocenters. The molecule has 88 valence electrons. The Kier molecular flexibility index (Phi) is 4.22. The maximum absolute atomic E-state index is 13.0. The van der Waals surface area contributed by atoms with Crippen LogP contribution in [0.4, 0.5) is 14.5 Å². The third-order valence-corrected chi connectivity index (χ3v) is 2.25. The van der Waals surface area contributed by atoms with E-state index in [-0.39, 0.29) is 13.0 Å². The summed E-state index contributed by atoms with van der Waals surface area (Å²) >= 11 is 0. The Bertz CT molecular complexity index is 382. The van der Waals surface area contributed by atoms with Gasteiger partial charge < -0.3 is 10.0 Å². The van der Waals surface area contributed by atoms with Crippen LogP contribution in [0.1, 0.15) is 13.3 Å². The largest absolute Gasteiger partial charge is 0.481 e. The van der Waals surface area contributed by atoms with Gasteiger partial charge in [-0.1, -0.05) is 0 Å². The highest BCUT2D eigenvalue weighted by molar-refractivity contribution is 5.67. The van der Waals surface area contributed by atoms with E-state index in [0.717, 1.165) is 12.1 Å². The Morgan fingerprint density at radius 1 is 1.38 bits per heavy atom. The molecule has 0 amide bonds. The quantitative estimate of drug-likeness (QED) is 0.842. The van der Waals surface area contributed by atoms with Gasteiger partial charge >= 0.3 is 5.97 Å². The van der Waals surface area contributed by atoms with Crippen LogP contribution >= 0.6 is 0 Å². The van der Waals surface area contributed by atoms with Gasteiger partial charge in [-0.25, -0.2) is 8.78 Å². The molecule has 0 aliphatic carbocycles. The highest BCUT2D eigenvalue weighted by atomic mass is 19.2. The van der Waals surface area contributed by atoms with Crippen molar-refractivity contribution in [2.75, 3.05) is 18.0 Å². The fraction of sp³-hybridized carbons (Fsp3) is 0.364. The highest BCUT2D eigenvalue weighted by Crippen LogP contribution is 2.17. The summed E-state index contributed by atoms with van der Waals surface area (Å²) in [6.45, 7) is 2.64. The number of carboxylic acids is 1. The van der Waals surface area contributed by atoms with E-state index < -0.39 is 17.6 Å². The molecule has 0 aromatic heterocycles. The van der Waals surface area contributed by atoms with Crippen molar-refractivity contribution in [2.24, 2.45) is 0 Å². The Morgan fingerprint density at radius 2 is 2.06 bits per heavy atom. The maximum Gasteiger partial charge on any atom is 0.305 e. The van der Waals surface area contributed by atoms with Gasteiger partial charge in [0.25, 0.3) is 0 Å². The summed E-state index contributed by atoms with van der Waals surface area (Å²) in [5.41, 5.74) is 0.489. The number of aliphatic carboxylic acids is 1. The summed E-state index contributed by atoms with van der Waals surface area (Å²) in [5.74, 6) is -2.75. The molecule has 1 N–H and O–H groups in total. The number of hydrogen-bond donors (Lipinski definition) is 1. The molecule has 0 saturated heterocycles. The minimum atomic E-state index is -0.925. The Hall–Kier alpha value is -1.65. The zero-order chi connectivity index (χ0) is 12.1. The van der Waals surface area contributed by atoms with E-state index in [2.05, 4.69) is 0 Å². The van der Waals surface area contributed by atoms with Crippen LogP contribution < -0.4 is 4.90 Å². The van der Waals surface area contributed by atoms with Gasteiger partial charge in [0, 0.05) is 24.8 Å². The van der Waals surface area contributed by atoms with Crippen LogP contribution in [0.3, 0.4) is 0 Å². The van der Waals surface area contributed by atoms with Gasteiger partial charge in [0.1, 0.15) is 0 Å². The van der Waals surface area contributed by atoms with E-state index in [1.54, 1.807) is 4.90 Å². The van der Waals surface area contributed by atoms with Crippen LogP contribution in [0, 0.1) is 11.6 Å². The average molecular weight is 229 g/mol. The molecule has 16 heavy (non-hydrogen) atoms. The van der Waals surface area contributed by atoms with E-state index >= 15 is 0 Å². The van der Waals surface area contributed by atoms with E-state index in [1.807, 2.05) is 6.92 Å². The van der Waals surface area contributed by atoms with Gasteiger partial charge in [-0.05, 0) is 19.1 Å². The third kappa shape index (κ3) is 3.18. The summed E-state index contributed by atoms with van der Waals surface area (Å²) in [4.78, 5) is 12.1. The fourth-order valence-corrected chi connectivity index (χ4v) is 1.38. The molecule has 1 aromatic carbocycles. The second-order valence-corrected chi connectivity index (χ2v) is 3.32. The van der Waals surface area contributed by atoms with Gasteiger partial charge in [0.2, 0.25) is 0 Å². The van der Waals surface area contributed by atoms with E-state index in [0.29, 0.717) is 12.2 Å². The molecular weight excluding hydrogens is 216 g/mol. The molecule has 1 aromatic rings. The second-order valence-electron chi connectivity index (χ2n) is 3.32. The van der Waals surface area contributed by atoms with Gasteiger partial charge in [-0.15, -0.1) is 0 Å². The lowest BCUT2D eigenvalue weighted by atomic mass is 10.2. The zero-order valence-corrected chi connectivity index (χ0v) is 8.91. The van der Waals surface area contributed by atoms with Crippen molar-refractivity contribution in [3.8, 4) is 0 Å². The molecule has 5 heteroatoms. The monoisotopic (exact) mass is 229 g/mol. The minimum Gasteiger partial charge on any atom is -0.481 e. The summed E-state index contributed by atoms with van der Waals surface area (Å²) < 4.78 is 25.6. The smallest absolute Gasteiger partial charge is 0.305 e. The predicted molar refractivity (Wildman–Crippen MR) is 56.5 cm³/mol. The number of hydrogen-bond acceptors (Lipinski definition) is 2. The van der Waals surface area contributed by atoms with Gasteiger partial charge in [-0.3, -0.25) is 4.79 Å². The molecule has 0 heterocycles. The van der Waals surface area contributed by atoms with Crippen molar-refractivity contribution in [1.82, 2.24) is 0 Å². The van der Waals surface area contributed by atoms with E-state index in [1.165, 1.54) is 6.07 Å². The number of benzene rings is 1. The number of carbonyl (C=O) groups is 1. The van der Waals surface area contributed by atoms with Crippen LogP contribution in [0.5, 0.6) is 0 Å². The van der Waals surface area contributed by atoms with Crippen molar-refractivity contribution in [3.05, 3.63) is 29.8 Å². The Balaban J connectivity index is 2.78. The minimum absolute atomic E-state index is 0.0349. The summed E-state index contributed by atoms with van der Waals surface area (Å²) in [5, 5.41) is 8.54. The van der Waals surface area contributed by atoms with Crippen molar-refractivity contribution >= 4 is 11.7 Å². The topological polar surface area (TPSA) is 40.5 Å². The molecule has 0 radical (unpaired) electrons. The molecule has 3 nitrogen and oxygen atoms in total. The van der Waals surface area contributed by atoms with Crippen LogP contribution in [0.25, 0.3) is 0 Å². The maximum atomic E-state index is 13.0. The molecule has 0 bridgehead atoms. The molecule has 1 rings (SSSR count). The first-order chi connectivity index (χ1) is 7.54. The first-order valence-corrected chi connectivity index (χ1v) is 4.96. The lowest BCUT2D eigenvalue weighted by molar-refractivity contribution is -0.136. The van der Waals surface area contributed by atoms with E-state index in [4.69, 9.17) is 5.11 Å². The molecular formula is C11H13F2NO2. The van der Waals surface area contributed by atoms with Crippen LogP contribution in [0.15, 0.2) is 18.2 Å². The number of carboxylic acid groups (broad SMARTS) is 1. The predicted octanol–water partition coefficient (Wildman–Crippen LogP) is 2.27. The summed E-state index contributed by atoms with van der Waals surface area (Å²) in [6, 6.07) is 3.54. The number of anilines is 1. The molecule has 0 fully saturated rings. The zero-order valence-electron chi connectivity index (χ0n) is 8.91. The van der Waals surface area contributed by atoms with Crippen molar-refractivity contribution in [1.29, 1.82) is 0 Å². The normalized spacial score (nSPS) is 10.2. The van der Waals surface area contributed by atoms with Crippen molar-refractivity contribution in [2.45, 2.75) is 13.3 Å². The SMILES string of the molecule is CCN(CCC(=O)O)c1ccc(F)c(F)c1. The average Bonchev–Trinajstić information content (AvgIpc) is 2.23. The lowest BCUT2D eigenvalue weighted by Gasteiger charge is -2.22. The van der Waals surface area contributed by atoms with Crippen LogP contribution in [-0.2, 0) is 4.79 Å². The first-order valence-electron chi connectivity index (χ1n) is 4.96.